The lowest BCUT2D eigenvalue weighted by Crippen LogP contribution is -2.31. The normalized spacial score (nSPS) is 17.7. The molecule has 272 valence electrons. The summed E-state index contributed by atoms with van der Waals surface area (Å²) in [7, 11) is 0.0804. The van der Waals surface area contributed by atoms with Crippen LogP contribution in [0.1, 0.15) is 60.8 Å². The van der Waals surface area contributed by atoms with E-state index in [2.05, 4.69) is 56.8 Å². The monoisotopic (exact) mass is 824 g/mol. The fraction of sp³-hybridized carbons (Fsp3) is 0.700. The van der Waals surface area contributed by atoms with Crippen LogP contribution >= 0.6 is 31.9 Å². The predicted molar refractivity (Wildman–Crippen MR) is 189 cm³/mol. The first-order valence-corrected chi connectivity index (χ1v) is 18.2. The van der Waals surface area contributed by atoms with E-state index in [9.17, 15) is 31.7 Å². The highest BCUT2D eigenvalue weighted by Gasteiger charge is 2.30. The first-order valence-electron chi connectivity index (χ1n) is 14.9. The zero-order valence-corrected chi connectivity index (χ0v) is 32.3. The van der Waals surface area contributed by atoms with Gasteiger partial charge in [0, 0.05) is 52.8 Å². The van der Waals surface area contributed by atoms with E-state index in [4.69, 9.17) is 4.18 Å². The van der Waals surface area contributed by atoms with Crippen molar-refractivity contribution < 1.29 is 40.4 Å². The number of nitro benzene ring substituents is 1. The van der Waals surface area contributed by atoms with Gasteiger partial charge in [0.15, 0.2) is 0 Å². The Labute approximate surface area is 294 Å². The van der Waals surface area contributed by atoms with Crippen molar-refractivity contribution in [2.45, 2.75) is 100.0 Å². The van der Waals surface area contributed by atoms with Gasteiger partial charge in [0.2, 0.25) is 0 Å². The van der Waals surface area contributed by atoms with Crippen LogP contribution in [0.4, 0.5) is 18.9 Å². The second kappa shape index (κ2) is 25.8. The zero-order chi connectivity index (χ0) is 36.7. The van der Waals surface area contributed by atoms with Crippen molar-refractivity contribution >= 4 is 66.3 Å². The molecule has 1 aromatic carbocycles. The van der Waals surface area contributed by atoms with Gasteiger partial charge >= 0.3 is 0 Å². The summed E-state index contributed by atoms with van der Waals surface area (Å²) >= 11 is 6.80. The summed E-state index contributed by atoms with van der Waals surface area (Å²) in [6.07, 6.45) is 1.11. The summed E-state index contributed by atoms with van der Waals surface area (Å²) in [6.45, 7) is 10.9. The molecule has 1 aromatic rings. The average Bonchev–Trinajstić information content (AvgIpc) is 3.07. The third-order valence-electron chi connectivity index (χ3n) is 6.91. The lowest BCUT2D eigenvalue weighted by Gasteiger charge is -2.23. The second-order valence-electron chi connectivity index (χ2n) is 10.3. The van der Waals surface area contributed by atoms with Crippen molar-refractivity contribution in [2.75, 3.05) is 21.3 Å². The number of alkyl halides is 5. The molecular formula is C30H49Br2F3N4O7S. The summed E-state index contributed by atoms with van der Waals surface area (Å²) in [5, 5.41) is 17.3. The van der Waals surface area contributed by atoms with Crippen molar-refractivity contribution in [3.8, 4) is 0 Å². The number of aliphatic imine (C=N–C) groups is 1. The van der Waals surface area contributed by atoms with Gasteiger partial charge in [-0.25, -0.2) is 13.2 Å². The van der Waals surface area contributed by atoms with Crippen LogP contribution < -0.4 is 0 Å². The van der Waals surface area contributed by atoms with Gasteiger partial charge in [0.1, 0.15) is 32.7 Å². The number of nitrogens with zero attached hydrogens (tertiary/aromatic N) is 4. The first-order chi connectivity index (χ1) is 22.0. The van der Waals surface area contributed by atoms with Gasteiger partial charge in [0.05, 0.1) is 28.4 Å². The number of oxime groups is 2. The van der Waals surface area contributed by atoms with Gasteiger partial charge in [-0.2, -0.15) is 8.42 Å². The van der Waals surface area contributed by atoms with Crippen LogP contribution in [0.15, 0.2) is 44.5 Å². The van der Waals surface area contributed by atoms with Crippen molar-refractivity contribution in [1.82, 2.24) is 0 Å². The summed E-state index contributed by atoms with van der Waals surface area (Å²) in [5.74, 6) is -0.862. The third-order valence-corrected chi connectivity index (χ3v) is 11.2. The molecule has 0 amide bonds. The maximum absolute atomic E-state index is 14.0. The molecule has 0 bridgehead atoms. The molecule has 0 aliphatic rings. The van der Waals surface area contributed by atoms with Crippen LogP contribution in [0, 0.1) is 27.9 Å². The van der Waals surface area contributed by atoms with Crippen LogP contribution in [0.5, 0.6) is 0 Å². The van der Waals surface area contributed by atoms with E-state index in [1.807, 2.05) is 27.7 Å². The maximum Gasteiger partial charge on any atom is 0.297 e. The maximum atomic E-state index is 14.0. The largest absolute Gasteiger partial charge is 0.399 e. The molecular weight excluding hydrogens is 777 g/mol. The minimum atomic E-state index is -4.18. The molecule has 0 radical (unpaired) electrons. The van der Waals surface area contributed by atoms with Crippen LogP contribution in [0.2, 0.25) is 0 Å². The molecule has 0 unspecified atom stereocenters. The van der Waals surface area contributed by atoms with Crippen molar-refractivity contribution in [1.29, 1.82) is 0 Å². The molecule has 47 heavy (non-hydrogen) atoms. The van der Waals surface area contributed by atoms with E-state index in [1.54, 1.807) is 14.0 Å². The molecule has 17 heteroatoms. The molecule has 0 heterocycles. The average molecular weight is 827 g/mol. The summed E-state index contributed by atoms with van der Waals surface area (Å²) in [5.41, 5.74) is -0.242. The van der Waals surface area contributed by atoms with E-state index in [1.165, 1.54) is 33.6 Å². The smallest absolute Gasteiger partial charge is 0.297 e. The summed E-state index contributed by atoms with van der Waals surface area (Å²) < 4.78 is 69.8. The lowest BCUT2D eigenvalue weighted by molar-refractivity contribution is -0.384. The Bertz CT molecular complexity index is 1180. The fourth-order valence-corrected chi connectivity index (χ4v) is 5.42. The number of hydrogen-bond acceptors (Lipinski definition) is 10. The molecule has 0 aromatic heterocycles. The van der Waals surface area contributed by atoms with E-state index < -0.39 is 45.6 Å². The van der Waals surface area contributed by atoms with Crippen LogP contribution in [0.25, 0.3) is 0 Å². The molecule has 1 rings (SSSR count). The minimum Gasteiger partial charge on any atom is -0.399 e. The Balaban J connectivity index is 0. The molecule has 11 nitrogen and oxygen atoms in total. The standard InChI is InChI=1S/C14H19FN2O6S.C8H15BrFNO.C8H15BrFN/c1-4-14(10(2)13(15)9-16-22-3)23-24(20,21)12-7-5-11(6-8-12)17(18)19;1-4-7(9)6(2)8(10)5-11-12-3;1-4-7(9)6(2)8(10)5-11-3/h5-10,13-14H,4H2,1-3H3;5-8H,4H2,1-3H3;5-8H,4H2,1-3H3/t10-,13+,14+;6-,7-,8-;6-,7+,8-/m011/s1. The highest BCUT2D eigenvalue weighted by Crippen LogP contribution is 2.25. The van der Waals surface area contributed by atoms with Crippen molar-refractivity contribution in [3.63, 3.8) is 0 Å². The topological polar surface area (TPSA) is 142 Å². The Kier molecular flexibility index (Phi) is 25.9. The quantitative estimate of drug-likeness (QED) is 0.0477. The number of non-ortho nitro benzene ring substituents is 1. The Morgan fingerprint density at radius 3 is 1.55 bits per heavy atom. The van der Waals surface area contributed by atoms with Crippen LogP contribution in [-0.2, 0) is 24.0 Å². The highest BCUT2D eigenvalue weighted by molar-refractivity contribution is 9.09. The molecule has 0 aliphatic carbocycles. The first kappa shape index (κ1) is 47.0. The second-order valence-corrected chi connectivity index (χ2v) is 14.2. The van der Waals surface area contributed by atoms with Crippen LogP contribution in [-0.4, -0.2) is 87.5 Å². The SMILES string of the molecule is CC[C@@H](Br)[C@@H](C)[C@H](F)C=NOC.CC[C@@H](OS(=O)(=O)c1ccc([N+](=O)[O-])cc1)[C@@H](C)[C@H](F)C=NOC.CC[C@H](Br)[C@@H](C)[C@H](F)C=NC. The summed E-state index contributed by atoms with van der Waals surface area (Å²) in [6, 6.07) is 4.27. The minimum absolute atomic E-state index is 0.00343. The van der Waals surface area contributed by atoms with Crippen LogP contribution in [0.3, 0.4) is 0 Å². The fourth-order valence-electron chi connectivity index (χ4n) is 3.62. The molecule has 0 spiro atoms. The van der Waals surface area contributed by atoms with E-state index in [0.717, 1.165) is 43.3 Å². The molecule has 0 aliphatic heterocycles. The van der Waals surface area contributed by atoms with Gasteiger partial charge in [0.25, 0.3) is 15.8 Å². The Morgan fingerprint density at radius 1 is 0.809 bits per heavy atom. The zero-order valence-electron chi connectivity index (χ0n) is 28.3. The number of rotatable bonds is 18. The summed E-state index contributed by atoms with van der Waals surface area (Å²) in [4.78, 5) is 22.6. The molecule has 0 saturated heterocycles. The highest BCUT2D eigenvalue weighted by atomic mass is 79.9. The van der Waals surface area contributed by atoms with Gasteiger partial charge in [-0.1, -0.05) is 83.7 Å². The molecule has 0 fully saturated rings. The predicted octanol–water partition coefficient (Wildman–Crippen LogP) is 8.29. The van der Waals surface area contributed by atoms with Gasteiger partial charge in [-0.3, -0.25) is 19.3 Å². The number of hydrogen-bond donors (Lipinski definition) is 0. The molecule has 0 N–H and O–H groups in total. The van der Waals surface area contributed by atoms with Crippen molar-refractivity contribution in [3.05, 3.63) is 34.4 Å². The number of nitro groups is 1. The van der Waals surface area contributed by atoms with Crippen molar-refractivity contribution in [2.24, 2.45) is 33.1 Å². The number of benzene rings is 1. The van der Waals surface area contributed by atoms with E-state index in [0.29, 0.717) is 0 Å². The Morgan fingerprint density at radius 2 is 1.21 bits per heavy atom. The van der Waals surface area contributed by atoms with Gasteiger partial charge < -0.3 is 9.68 Å². The number of halogens is 5. The van der Waals surface area contributed by atoms with Gasteiger partial charge in [-0.05, 0) is 31.4 Å². The third kappa shape index (κ3) is 18.9. The Hall–Kier alpha value is -2.11. The molecule has 0 saturated carbocycles. The van der Waals surface area contributed by atoms with E-state index in [-0.39, 0.29) is 38.5 Å². The van der Waals surface area contributed by atoms with E-state index >= 15 is 0 Å². The van der Waals surface area contributed by atoms with Gasteiger partial charge in [-0.15, -0.1) is 0 Å². The molecule has 9 atom stereocenters. The lowest BCUT2D eigenvalue weighted by atomic mass is 9.98.